The van der Waals surface area contributed by atoms with Crippen molar-refractivity contribution in [2.24, 2.45) is 0 Å². The zero-order valence-electron chi connectivity index (χ0n) is 13.9. The number of halogens is 1. The lowest BCUT2D eigenvalue weighted by molar-refractivity contribution is 0.162. The van der Waals surface area contributed by atoms with E-state index in [-0.39, 0.29) is 18.5 Å². The van der Waals surface area contributed by atoms with Crippen LogP contribution in [0.5, 0.6) is 0 Å². The molecule has 5 nitrogen and oxygen atoms in total. The largest absolute Gasteiger partial charge is 0.394 e. The van der Waals surface area contributed by atoms with Crippen LogP contribution in [0.3, 0.4) is 0 Å². The number of hydrogen-bond acceptors (Lipinski definition) is 3. The van der Waals surface area contributed by atoms with Crippen LogP contribution in [0.25, 0.3) is 0 Å². The third-order valence-electron chi connectivity index (χ3n) is 4.76. The second-order valence-corrected chi connectivity index (χ2v) is 6.51. The highest BCUT2D eigenvalue weighted by Crippen LogP contribution is 2.29. The summed E-state index contributed by atoms with van der Waals surface area (Å²) in [6.45, 7) is -0.0725. The van der Waals surface area contributed by atoms with Crippen LogP contribution in [0.4, 0.5) is 9.18 Å². The summed E-state index contributed by atoms with van der Waals surface area (Å²) in [5.74, 6) is -0.327. The smallest absolute Gasteiger partial charge is 0.316 e. The molecule has 1 saturated carbocycles. The molecule has 25 heavy (non-hydrogen) atoms. The molecule has 0 aliphatic heterocycles. The van der Waals surface area contributed by atoms with E-state index in [9.17, 15) is 14.3 Å². The van der Waals surface area contributed by atoms with Crippen molar-refractivity contribution in [2.45, 2.75) is 37.3 Å². The van der Waals surface area contributed by atoms with Gasteiger partial charge in [0.15, 0.2) is 0 Å². The second kappa shape index (κ2) is 7.61. The van der Waals surface area contributed by atoms with Crippen molar-refractivity contribution in [2.75, 3.05) is 6.61 Å². The Hall–Kier alpha value is -2.47. The van der Waals surface area contributed by atoms with Gasteiger partial charge < -0.3 is 15.7 Å². The van der Waals surface area contributed by atoms with E-state index in [1.165, 1.54) is 12.1 Å². The van der Waals surface area contributed by atoms with Crippen molar-refractivity contribution in [3.63, 3.8) is 0 Å². The Morgan fingerprint density at radius 1 is 1.12 bits per heavy atom. The standard InChI is InChI=1S/C19H22FN3O2/c20-16-5-3-14(4-6-16)17(15-7-11-21-12-8-15)22-18(25)23-19(13-24)9-1-2-10-19/h3-8,11-12,17,24H,1-2,9-10,13H2,(H2,22,23,25)/t17-/m0/s1. The van der Waals surface area contributed by atoms with Crippen LogP contribution < -0.4 is 10.6 Å². The number of aliphatic hydroxyl groups is 1. The van der Waals surface area contributed by atoms with Crippen LogP contribution in [0.1, 0.15) is 42.9 Å². The van der Waals surface area contributed by atoms with Crippen LogP contribution >= 0.6 is 0 Å². The van der Waals surface area contributed by atoms with Crippen LogP contribution in [-0.4, -0.2) is 28.3 Å². The fourth-order valence-electron chi connectivity index (χ4n) is 3.35. The molecule has 1 aliphatic carbocycles. The van der Waals surface area contributed by atoms with Gasteiger partial charge in [0.1, 0.15) is 5.82 Å². The molecule has 0 radical (unpaired) electrons. The van der Waals surface area contributed by atoms with Gasteiger partial charge in [0.2, 0.25) is 0 Å². The van der Waals surface area contributed by atoms with Crippen molar-refractivity contribution < 1.29 is 14.3 Å². The number of rotatable bonds is 5. The number of aliphatic hydroxyl groups excluding tert-OH is 1. The average molecular weight is 343 g/mol. The number of carbonyl (C=O) groups excluding carboxylic acids is 1. The number of carbonyl (C=O) groups is 1. The fraction of sp³-hybridized carbons (Fsp3) is 0.368. The Balaban J connectivity index is 1.80. The van der Waals surface area contributed by atoms with Gasteiger partial charge in [-0.1, -0.05) is 25.0 Å². The highest BCUT2D eigenvalue weighted by atomic mass is 19.1. The summed E-state index contributed by atoms with van der Waals surface area (Å²) < 4.78 is 13.2. The number of benzene rings is 1. The van der Waals surface area contributed by atoms with E-state index in [2.05, 4.69) is 15.6 Å². The molecule has 0 bridgehead atoms. The number of nitrogens with zero attached hydrogens (tertiary/aromatic N) is 1. The van der Waals surface area contributed by atoms with Gasteiger partial charge in [0, 0.05) is 12.4 Å². The molecule has 2 aromatic rings. The molecule has 132 valence electrons. The minimum Gasteiger partial charge on any atom is -0.394 e. The van der Waals surface area contributed by atoms with Crippen LogP contribution in [0.2, 0.25) is 0 Å². The van der Waals surface area contributed by atoms with Gasteiger partial charge in [-0.15, -0.1) is 0 Å². The van der Waals surface area contributed by atoms with Gasteiger partial charge in [-0.05, 0) is 48.2 Å². The van der Waals surface area contributed by atoms with E-state index in [1.54, 1.807) is 24.5 Å². The molecule has 1 aliphatic rings. The van der Waals surface area contributed by atoms with Gasteiger partial charge in [0.25, 0.3) is 0 Å². The Labute approximate surface area is 146 Å². The lowest BCUT2D eigenvalue weighted by Crippen LogP contribution is -2.53. The van der Waals surface area contributed by atoms with E-state index in [1.807, 2.05) is 12.1 Å². The molecule has 0 saturated heterocycles. The lowest BCUT2D eigenvalue weighted by Gasteiger charge is -2.29. The summed E-state index contributed by atoms with van der Waals surface area (Å²) >= 11 is 0. The minimum absolute atomic E-state index is 0.0725. The van der Waals surface area contributed by atoms with Crippen molar-refractivity contribution in [3.8, 4) is 0 Å². The zero-order valence-corrected chi connectivity index (χ0v) is 13.9. The molecular weight excluding hydrogens is 321 g/mol. The number of pyridine rings is 1. The van der Waals surface area contributed by atoms with Crippen LogP contribution in [0, 0.1) is 5.82 Å². The predicted molar refractivity (Wildman–Crippen MR) is 92.4 cm³/mol. The van der Waals surface area contributed by atoms with E-state index in [4.69, 9.17) is 0 Å². The Morgan fingerprint density at radius 3 is 2.32 bits per heavy atom. The summed E-state index contributed by atoms with van der Waals surface area (Å²) in [4.78, 5) is 16.6. The van der Waals surface area contributed by atoms with E-state index in [0.29, 0.717) is 0 Å². The maximum Gasteiger partial charge on any atom is 0.316 e. The van der Waals surface area contributed by atoms with Crippen molar-refractivity contribution in [1.29, 1.82) is 0 Å². The highest BCUT2D eigenvalue weighted by Gasteiger charge is 2.35. The quantitative estimate of drug-likeness (QED) is 0.781. The maximum atomic E-state index is 13.2. The average Bonchev–Trinajstić information content (AvgIpc) is 3.10. The molecule has 1 aromatic heterocycles. The molecule has 6 heteroatoms. The zero-order chi connectivity index (χ0) is 17.7. The van der Waals surface area contributed by atoms with Gasteiger partial charge in [-0.2, -0.15) is 0 Å². The third-order valence-corrected chi connectivity index (χ3v) is 4.76. The molecule has 0 spiro atoms. The third kappa shape index (κ3) is 4.14. The van der Waals surface area contributed by atoms with E-state index < -0.39 is 11.6 Å². The molecule has 1 fully saturated rings. The first-order chi connectivity index (χ1) is 12.1. The summed E-state index contributed by atoms with van der Waals surface area (Å²) in [5.41, 5.74) is 1.07. The van der Waals surface area contributed by atoms with Gasteiger partial charge in [0.05, 0.1) is 18.2 Å². The minimum atomic E-state index is -0.546. The predicted octanol–water partition coefficient (Wildman–Crippen LogP) is 2.91. The van der Waals surface area contributed by atoms with Gasteiger partial charge in [-0.25, -0.2) is 9.18 Å². The maximum absolute atomic E-state index is 13.2. The SMILES string of the molecule is O=C(N[C@H](c1ccncc1)c1ccc(F)cc1)NC1(CO)CCCC1. The topological polar surface area (TPSA) is 74.2 Å². The molecule has 3 rings (SSSR count). The summed E-state index contributed by atoms with van der Waals surface area (Å²) in [5, 5.41) is 15.5. The first-order valence-electron chi connectivity index (χ1n) is 8.47. The normalized spacial score (nSPS) is 17.0. The van der Waals surface area contributed by atoms with E-state index in [0.717, 1.165) is 36.8 Å². The fourth-order valence-corrected chi connectivity index (χ4v) is 3.35. The Bertz CT molecular complexity index is 700. The molecule has 1 atom stereocenters. The molecule has 1 heterocycles. The van der Waals surface area contributed by atoms with Crippen LogP contribution in [-0.2, 0) is 0 Å². The summed E-state index contributed by atoms with van der Waals surface area (Å²) in [7, 11) is 0. The first-order valence-corrected chi connectivity index (χ1v) is 8.47. The van der Waals surface area contributed by atoms with Gasteiger partial charge >= 0.3 is 6.03 Å². The molecule has 2 amide bonds. The molecule has 0 unspecified atom stereocenters. The second-order valence-electron chi connectivity index (χ2n) is 6.51. The van der Waals surface area contributed by atoms with Crippen molar-refractivity contribution >= 4 is 6.03 Å². The number of hydrogen-bond donors (Lipinski definition) is 3. The molecule has 3 N–H and O–H groups in total. The Morgan fingerprint density at radius 2 is 1.72 bits per heavy atom. The first kappa shape index (κ1) is 17.4. The number of amides is 2. The number of urea groups is 1. The van der Waals surface area contributed by atoms with Crippen molar-refractivity contribution in [1.82, 2.24) is 15.6 Å². The summed E-state index contributed by atoms with van der Waals surface area (Å²) in [6.07, 6.45) is 6.83. The van der Waals surface area contributed by atoms with Crippen LogP contribution in [0.15, 0.2) is 48.8 Å². The highest BCUT2D eigenvalue weighted by molar-refractivity contribution is 5.76. The number of aromatic nitrogens is 1. The molecular formula is C19H22FN3O2. The van der Waals surface area contributed by atoms with Crippen molar-refractivity contribution in [3.05, 3.63) is 65.7 Å². The Kier molecular flexibility index (Phi) is 5.28. The summed E-state index contributed by atoms with van der Waals surface area (Å²) in [6, 6.07) is 8.89. The number of nitrogens with one attached hydrogen (secondary N) is 2. The monoisotopic (exact) mass is 343 g/mol. The molecule has 1 aromatic carbocycles. The van der Waals surface area contributed by atoms with Gasteiger partial charge in [-0.3, -0.25) is 4.98 Å². The lowest BCUT2D eigenvalue weighted by atomic mass is 9.98. The van der Waals surface area contributed by atoms with E-state index >= 15 is 0 Å².